The Balaban J connectivity index is 0.000000228. The number of nitrogens with one attached hydrogen (secondary N) is 3. The molecule has 8 aromatic rings. The van der Waals surface area contributed by atoms with Gasteiger partial charge in [0.25, 0.3) is 0 Å². The van der Waals surface area contributed by atoms with Crippen LogP contribution in [0.4, 0.5) is 10.2 Å². The molecule has 7 heterocycles. The quantitative estimate of drug-likeness (QED) is 0.0476. The third-order valence-electron chi connectivity index (χ3n) is 16.8. The molecule has 0 radical (unpaired) electrons. The Morgan fingerprint density at radius 3 is 2.37 bits per heavy atom. The fourth-order valence-electron chi connectivity index (χ4n) is 11.3. The molecule has 5 N–H and O–H groups in total. The van der Waals surface area contributed by atoms with Crippen molar-refractivity contribution in [2.75, 3.05) is 44.9 Å². The second-order valence-electron chi connectivity index (χ2n) is 22.6. The Morgan fingerprint density at radius 1 is 0.951 bits per heavy atom. The van der Waals surface area contributed by atoms with E-state index in [-0.39, 0.29) is 60.9 Å². The number of H-pyrrole nitrogens is 1. The van der Waals surface area contributed by atoms with E-state index in [1.54, 1.807) is 19.5 Å². The van der Waals surface area contributed by atoms with Gasteiger partial charge >= 0.3 is 6.01 Å². The molecule has 1 aliphatic carbocycles. The molecule has 4 aromatic heterocycles. The summed E-state index contributed by atoms with van der Waals surface area (Å²) in [7, 11) is 1.64. The lowest BCUT2D eigenvalue weighted by molar-refractivity contribution is -0.118. The monoisotopic (exact) mass is 1110 g/mol. The van der Waals surface area contributed by atoms with E-state index >= 15 is 4.39 Å². The lowest BCUT2D eigenvalue weighted by Crippen LogP contribution is -2.44. The minimum absolute atomic E-state index is 0.00806. The summed E-state index contributed by atoms with van der Waals surface area (Å²) in [6, 6.07) is 24.7. The number of amides is 2. The number of aromatic hydroxyl groups is 1. The third kappa shape index (κ3) is 12.5. The fraction of sp³-hybridized carbons (Fsp3) is 0.429. The van der Waals surface area contributed by atoms with E-state index in [1.165, 1.54) is 18.9 Å². The van der Waals surface area contributed by atoms with E-state index in [1.807, 2.05) is 78.2 Å². The van der Waals surface area contributed by atoms with Crippen molar-refractivity contribution < 1.29 is 33.7 Å². The number of aryl methyl sites for hydroxylation is 2. The number of aliphatic hydroxyl groups is 1. The van der Waals surface area contributed by atoms with E-state index in [2.05, 4.69) is 86.9 Å². The summed E-state index contributed by atoms with van der Waals surface area (Å²) in [6.07, 6.45) is 13.2. The summed E-state index contributed by atoms with van der Waals surface area (Å²) in [4.78, 5) is 38.9. The van der Waals surface area contributed by atoms with Crippen molar-refractivity contribution in [3.8, 4) is 45.4 Å². The number of anilines is 1. The number of aliphatic hydroxyl groups excluding tert-OH is 1. The highest BCUT2D eigenvalue weighted by Gasteiger charge is 2.40. The number of pyridine rings is 1. The van der Waals surface area contributed by atoms with Crippen LogP contribution in [-0.2, 0) is 27.2 Å². The van der Waals surface area contributed by atoms with Gasteiger partial charge in [-0.3, -0.25) is 19.7 Å². The van der Waals surface area contributed by atoms with Gasteiger partial charge in [-0.05, 0) is 130 Å². The van der Waals surface area contributed by atoms with Gasteiger partial charge in [0.1, 0.15) is 35.2 Å². The number of fused-ring (bicyclic) bond motifs is 4. The second kappa shape index (κ2) is 25.5. The van der Waals surface area contributed by atoms with Gasteiger partial charge in [0, 0.05) is 84.1 Å². The van der Waals surface area contributed by atoms with Gasteiger partial charge in [-0.15, -0.1) is 5.10 Å². The van der Waals surface area contributed by atoms with Crippen molar-refractivity contribution >= 4 is 40.4 Å². The molecular weight excluding hydrogens is 1040 g/mol. The number of hydrogen-bond donors (Lipinski definition) is 5. The number of phenols is 1. The molecule has 0 spiro atoms. The van der Waals surface area contributed by atoms with Crippen LogP contribution in [0.15, 0.2) is 91.4 Å². The van der Waals surface area contributed by atoms with Crippen LogP contribution >= 0.6 is 0 Å². The fourth-order valence-corrected chi connectivity index (χ4v) is 11.3. The number of piperazine rings is 1. The van der Waals surface area contributed by atoms with Crippen LogP contribution < -0.4 is 20.3 Å². The van der Waals surface area contributed by atoms with Crippen LogP contribution in [0.3, 0.4) is 0 Å². The molecule has 4 fully saturated rings. The molecular formula is C63H75FN12O6. The van der Waals surface area contributed by atoms with Crippen molar-refractivity contribution in [3.63, 3.8) is 0 Å². The highest BCUT2D eigenvalue weighted by molar-refractivity contribution is 6.06. The van der Waals surface area contributed by atoms with Crippen molar-refractivity contribution in [1.29, 1.82) is 0 Å². The first-order chi connectivity index (χ1) is 39.8. The Kier molecular flexibility index (Phi) is 17.8. The first kappa shape index (κ1) is 57.4. The number of ether oxygens (including phenoxy) is 2. The number of benzene rings is 4. The number of methoxy groups -OCH3 is 1. The molecule has 4 aromatic carbocycles. The van der Waals surface area contributed by atoms with Crippen molar-refractivity contribution in [2.24, 2.45) is 5.92 Å². The third-order valence-corrected chi connectivity index (χ3v) is 16.8. The molecule has 12 rings (SSSR count). The van der Waals surface area contributed by atoms with Crippen molar-refractivity contribution in [2.45, 2.75) is 129 Å². The first-order valence-electron chi connectivity index (χ1n) is 28.7. The number of phenolic OH excluding ortho intramolecular Hbond substituents is 1. The summed E-state index contributed by atoms with van der Waals surface area (Å²) in [5.41, 5.74) is 10.5. The zero-order valence-electron chi connectivity index (χ0n) is 47.8. The van der Waals surface area contributed by atoms with Gasteiger partial charge in [0.05, 0.1) is 48.4 Å². The standard InChI is InChI=1S/C42H48FN9O3.C15H16N2O2.C6H11NO/c1-22(2)24(4)52-20-36(49-50-52)27-9-6-25(7-10-27)8-13-30-34(43)16-35-33(18-45-48-35)37(30)38-31(26-11-12-26)15-32-39(40(38)53)46-42(55-21-23(3)54-5)47-41(32)51-19-28-14-29(51)17-44-28;1-11-3-2-8-16-15(11)13-6-4-12(5-7-13)14(9-18)17-10-19;1-6-3-2-4-7(6)5-8/h6-7,9-10,15-16,18,20,22-24,26,28-29,44,53H,8,11-14,17,19,21H2,1-5H3,(H,45,48);2-8,10,14,18H,9H2,1H3,(H,17,19);5-6H,2-4H2,1H3/t23-,24?,28?,29?;;/m0../s1. The molecule has 5 unspecified atom stereocenters. The molecule has 3 saturated heterocycles. The van der Waals surface area contributed by atoms with Gasteiger partial charge in [-0.1, -0.05) is 73.7 Å². The molecule has 2 bridgehead atoms. The summed E-state index contributed by atoms with van der Waals surface area (Å²) in [6.45, 7) is 15.3. The largest absolute Gasteiger partial charge is 0.505 e. The highest BCUT2D eigenvalue weighted by Crippen LogP contribution is 2.53. The first-order valence-corrected chi connectivity index (χ1v) is 28.7. The molecule has 82 heavy (non-hydrogen) atoms. The number of carbonyl (C=O) groups is 2. The van der Waals surface area contributed by atoms with Gasteiger partial charge < -0.3 is 40.1 Å². The second-order valence-corrected chi connectivity index (χ2v) is 22.6. The maximum absolute atomic E-state index is 16.5. The maximum Gasteiger partial charge on any atom is 0.319 e. The number of halogens is 1. The molecule has 430 valence electrons. The lowest BCUT2D eigenvalue weighted by Gasteiger charge is -2.30. The van der Waals surface area contributed by atoms with E-state index < -0.39 is 0 Å². The van der Waals surface area contributed by atoms with Gasteiger partial charge in [0.2, 0.25) is 12.8 Å². The number of carbonyl (C=O) groups excluding carboxylic acids is 2. The summed E-state index contributed by atoms with van der Waals surface area (Å²) in [5.74, 6) is 1.09. The Labute approximate surface area is 477 Å². The number of aromatic nitrogens is 8. The molecule has 18 nitrogen and oxygen atoms in total. The van der Waals surface area contributed by atoms with Gasteiger partial charge in [-0.25, -0.2) is 9.07 Å². The normalized spacial score (nSPS) is 18.5. The van der Waals surface area contributed by atoms with Crippen molar-refractivity contribution in [3.05, 3.63) is 125 Å². The predicted molar refractivity (Wildman–Crippen MR) is 315 cm³/mol. The molecule has 2 amide bonds. The number of likely N-dealkylation sites (tertiary alicyclic amines) is 1. The topological polar surface area (TPSA) is 222 Å². The molecule has 6 atom stereocenters. The Hall–Kier alpha value is -7.87. The average Bonchev–Trinajstić information content (AvgIpc) is 2.69. The van der Waals surface area contributed by atoms with E-state index in [0.29, 0.717) is 65.0 Å². The zero-order chi connectivity index (χ0) is 57.6. The van der Waals surface area contributed by atoms with Gasteiger partial charge in [0.15, 0.2) is 0 Å². The van der Waals surface area contributed by atoms with E-state index in [9.17, 15) is 19.8 Å². The Morgan fingerprint density at radius 2 is 1.73 bits per heavy atom. The zero-order valence-corrected chi connectivity index (χ0v) is 47.8. The molecule has 4 aliphatic rings. The SMILES string of the molecule is CC1CCCN1C=O.CO[C@@H](C)COc1nc(N2CC3CC2CN3)c2cc(C3CC3)c(-c3c(CCc4ccc(-c5cn(C(C)C(C)C)nn5)cc4)c(F)cc4[nH]ncc34)c(O)c2n1.Cc1cccnc1-c1ccc(C(CO)NC=O)cc1. The Bertz CT molecular complexity index is 3500. The summed E-state index contributed by atoms with van der Waals surface area (Å²) in [5, 5.41) is 45.5. The van der Waals surface area contributed by atoms with Crippen LogP contribution in [0.2, 0.25) is 0 Å². The molecule has 19 heteroatoms. The number of hydrogen-bond acceptors (Lipinski definition) is 14. The van der Waals surface area contributed by atoms with E-state index in [4.69, 9.17) is 19.4 Å². The van der Waals surface area contributed by atoms with Crippen LogP contribution in [0, 0.1) is 18.7 Å². The van der Waals surface area contributed by atoms with Crippen LogP contribution in [0.5, 0.6) is 11.8 Å². The number of aromatic amines is 1. The smallest absolute Gasteiger partial charge is 0.319 e. The van der Waals surface area contributed by atoms with Crippen LogP contribution in [-0.4, -0.2) is 132 Å². The maximum atomic E-state index is 16.5. The van der Waals surface area contributed by atoms with Gasteiger partial charge in [-0.2, -0.15) is 15.1 Å². The summed E-state index contributed by atoms with van der Waals surface area (Å²) >= 11 is 0. The van der Waals surface area contributed by atoms with E-state index in [0.717, 1.165) is 107 Å². The minimum Gasteiger partial charge on any atom is -0.505 e. The highest BCUT2D eigenvalue weighted by atomic mass is 19.1. The lowest BCUT2D eigenvalue weighted by atomic mass is 9.86. The number of nitrogens with zero attached hydrogens (tertiary/aromatic N) is 9. The number of rotatable bonds is 19. The van der Waals surface area contributed by atoms with Crippen LogP contribution in [0.1, 0.15) is 113 Å². The van der Waals surface area contributed by atoms with Crippen molar-refractivity contribution in [1.82, 2.24) is 55.7 Å². The molecule has 1 saturated carbocycles. The van der Waals surface area contributed by atoms with Crippen LogP contribution in [0.25, 0.3) is 55.4 Å². The average molecular weight is 1120 g/mol. The summed E-state index contributed by atoms with van der Waals surface area (Å²) < 4.78 is 29.9. The predicted octanol–water partition coefficient (Wildman–Crippen LogP) is 9.58. The molecule has 3 aliphatic heterocycles. The minimum atomic E-state index is -0.364.